The van der Waals surface area contributed by atoms with Crippen LogP contribution in [0, 0.1) is 0 Å². The molecule has 102 valence electrons. The molecule has 2 rings (SSSR count). The topological polar surface area (TPSA) is 67.4 Å². The predicted molar refractivity (Wildman–Crippen MR) is 72.0 cm³/mol. The third-order valence-corrected chi connectivity index (χ3v) is 3.03. The van der Waals surface area contributed by atoms with Crippen LogP contribution in [0.5, 0.6) is 0 Å². The molecule has 0 aromatic heterocycles. The summed E-state index contributed by atoms with van der Waals surface area (Å²) in [5.74, 6) is -0.333. The maximum atomic E-state index is 11.9. The van der Waals surface area contributed by atoms with E-state index in [9.17, 15) is 9.59 Å². The van der Waals surface area contributed by atoms with Gasteiger partial charge in [0.15, 0.2) is 0 Å². The predicted octanol–water partition coefficient (Wildman–Crippen LogP) is 1.55. The van der Waals surface area contributed by atoms with E-state index in [2.05, 4.69) is 10.6 Å². The van der Waals surface area contributed by atoms with Crippen molar-refractivity contribution >= 4 is 17.5 Å². The Kier molecular flexibility index (Phi) is 4.16. The molecular weight excluding hydrogens is 244 g/mol. The Morgan fingerprint density at radius 3 is 2.74 bits per heavy atom. The molecule has 1 aromatic rings. The van der Waals surface area contributed by atoms with Gasteiger partial charge in [0.1, 0.15) is 6.10 Å². The van der Waals surface area contributed by atoms with E-state index in [4.69, 9.17) is 4.74 Å². The van der Waals surface area contributed by atoms with Crippen LogP contribution in [0.4, 0.5) is 5.69 Å². The molecule has 1 fully saturated rings. The van der Waals surface area contributed by atoms with Crippen molar-refractivity contribution < 1.29 is 14.3 Å². The Bertz CT molecular complexity index is 483. The fraction of sp³-hybridized carbons (Fsp3) is 0.429. The Balaban J connectivity index is 2.01. The number of nitrogens with one attached hydrogen (secondary N) is 2. The highest BCUT2D eigenvalue weighted by Crippen LogP contribution is 2.20. The molecule has 1 aliphatic carbocycles. The Morgan fingerprint density at radius 2 is 2.11 bits per heavy atom. The van der Waals surface area contributed by atoms with E-state index in [1.165, 1.54) is 7.11 Å². The summed E-state index contributed by atoms with van der Waals surface area (Å²) in [5, 5.41) is 5.62. The second-order valence-corrected chi connectivity index (χ2v) is 4.70. The van der Waals surface area contributed by atoms with Gasteiger partial charge in [-0.25, -0.2) is 0 Å². The van der Waals surface area contributed by atoms with Gasteiger partial charge in [-0.05, 0) is 38.0 Å². The van der Waals surface area contributed by atoms with Gasteiger partial charge in [0, 0.05) is 24.4 Å². The van der Waals surface area contributed by atoms with Gasteiger partial charge < -0.3 is 15.4 Å². The minimum Gasteiger partial charge on any atom is -0.372 e. The van der Waals surface area contributed by atoms with Crippen LogP contribution in [0.25, 0.3) is 0 Å². The van der Waals surface area contributed by atoms with Crippen molar-refractivity contribution in [3.63, 3.8) is 0 Å². The van der Waals surface area contributed by atoms with Crippen molar-refractivity contribution in [3.05, 3.63) is 29.8 Å². The third kappa shape index (κ3) is 3.79. The number of carbonyl (C=O) groups is 2. The first-order valence-electron chi connectivity index (χ1n) is 6.34. The second-order valence-electron chi connectivity index (χ2n) is 4.70. The zero-order valence-corrected chi connectivity index (χ0v) is 11.1. The molecule has 1 saturated carbocycles. The molecule has 0 saturated heterocycles. The molecule has 2 N–H and O–H groups in total. The van der Waals surface area contributed by atoms with Crippen molar-refractivity contribution in [2.24, 2.45) is 0 Å². The largest absolute Gasteiger partial charge is 0.372 e. The van der Waals surface area contributed by atoms with Gasteiger partial charge in [-0.15, -0.1) is 0 Å². The maximum absolute atomic E-state index is 11.9. The lowest BCUT2D eigenvalue weighted by molar-refractivity contribution is -0.124. The molecule has 0 radical (unpaired) electrons. The van der Waals surface area contributed by atoms with E-state index in [0.29, 0.717) is 17.3 Å². The van der Waals surface area contributed by atoms with Gasteiger partial charge in [-0.3, -0.25) is 9.59 Å². The summed E-state index contributed by atoms with van der Waals surface area (Å²) < 4.78 is 4.93. The highest BCUT2D eigenvalue weighted by molar-refractivity contribution is 5.98. The molecule has 1 unspecified atom stereocenters. The first kappa shape index (κ1) is 13.5. The number of hydrogen-bond donors (Lipinski definition) is 2. The second kappa shape index (κ2) is 5.84. The third-order valence-electron chi connectivity index (χ3n) is 3.03. The zero-order chi connectivity index (χ0) is 13.8. The molecule has 0 bridgehead atoms. The standard InChI is InChI=1S/C14H18N2O3/c1-9(19-2)13(17)16-12-5-3-4-10(8-12)14(18)15-11-6-7-11/h3-5,8-9,11H,6-7H2,1-2H3,(H,15,18)(H,16,17). The van der Waals surface area contributed by atoms with Crippen LogP contribution >= 0.6 is 0 Å². The van der Waals surface area contributed by atoms with Crippen LogP contribution in [0.2, 0.25) is 0 Å². The Hall–Kier alpha value is -1.88. The fourth-order valence-electron chi connectivity index (χ4n) is 1.59. The molecule has 19 heavy (non-hydrogen) atoms. The summed E-state index contributed by atoms with van der Waals surface area (Å²) in [4.78, 5) is 23.6. The van der Waals surface area contributed by atoms with Crippen molar-refractivity contribution in [3.8, 4) is 0 Å². The molecule has 1 aromatic carbocycles. The highest BCUT2D eigenvalue weighted by Gasteiger charge is 2.23. The number of amides is 2. The van der Waals surface area contributed by atoms with Crippen LogP contribution < -0.4 is 10.6 Å². The highest BCUT2D eigenvalue weighted by atomic mass is 16.5. The lowest BCUT2D eigenvalue weighted by atomic mass is 10.2. The summed E-state index contributed by atoms with van der Waals surface area (Å²) in [6, 6.07) is 7.20. The number of carbonyl (C=O) groups excluding carboxylic acids is 2. The molecule has 0 heterocycles. The van der Waals surface area contributed by atoms with Crippen LogP contribution in [-0.2, 0) is 9.53 Å². The van der Waals surface area contributed by atoms with Crippen molar-refractivity contribution in [1.29, 1.82) is 0 Å². The first-order chi connectivity index (χ1) is 9.10. The molecule has 1 aliphatic rings. The van der Waals surface area contributed by atoms with Gasteiger partial charge in [0.05, 0.1) is 0 Å². The Labute approximate surface area is 112 Å². The van der Waals surface area contributed by atoms with Crippen molar-refractivity contribution in [2.75, 3.05) is 12.4 Å². The minimum absolute atomic E-state index is 0.0987. The lowest BCUT2D eigenvalue weighted by Crippen LogP contribution is -2.27. The van der Waals surface area contributed by atoms with Crippen LogP contribution in [-0.4, -0.2) is 31.1 Å². The molecule has 0 spiro atoms. The quantitative estimate of drug-likeness (QED) is 0.846. The monoisotopic (exact) mass is 262 g/mol. The van der Waals surface area contributed by atoms with E-state index >= 15 is 0 Å². The summed E-state index contributed by atoms with van der Waals surface area (Å²) in [6.07, 6.45) is 1.57. The number of benzene rings is 1. The van der Waals surface area contributed by atoms with E-state index in [-0.39, 0.29) is 11.8 Å². The zero-order valence-electron chi connectivity index (χ0n) is 11.1. The molecule has 0 aliphatic heterocycles. The van der Waals surface area contributed by atoms with Gasteiger partial charge in [0.2, 0.25) is 0 Å². The summed E-state index contributed by atoms with van der Waals surface area (Å²) in [6.45, 7) is 1.67. The fourth-order valence-corrected chi connectivity index (χ4v) is 1.59. The number of hydrogen-bond acceptors (Lipinski definition) is 3. The number of anilines is 1. The average molecular weight is 262 g/mol. The van der Waals surface area contributed by atoms with Gasteiger partial charge in [0.25, 0.3) is 11.8 Å². The molecular formula is C14H18N2O3. The normalized spacial score (nSPS) is 15.7. The van der Waals surface area contributed by atoms with Crippen molar-refractivity contribution in [1.82, 2.24) is 5.32 Å². The Morgan fingerprint density at radius 1 is 1.37 bits per heavy atom. The van der Waals surface area contributed by atoms with Crippen LogP contribution in [0.15, 0.2) is 24.3 Å². The van der Waals surface area contributed by atoms with E-state index < -0.39 is 6.10 Å². The van der Waals surface area contributed by atoms with Crippen molar-refractivity contribution in [2.45, 2.75) is 31.9 Å². The van der Waals surface area contributed by atoms with Gasteiger partial charge >= 0.3 is 0 Å². The minimum atomic E-state index is -0.524. The SMILES string of the molecule is COC(C)C(=O)Nc1cccc(C(=O)NC2CC2)c1. The summed E-state index contributed by atoms with van der Waals surface area (Å²) in [5.41, 5.74) is 1.15. The number of methoxy groups -OCH3 is 1. The van der Waals surface area contributed by atoms with E-state index in [1.54, 1.807) is 31.2 Å². The molecule has 2 amide bonds. The summed E-state index contributed by atoms with van der Waals surface area (Å²) >= 11 is 0. The number of rotatable bonds is 5. The van der Waals surface area contributed by atoms with Crippen LogP contribution in [0.3, 0.4) is 0 Å². The first-order valence-corrected chi connectivity index (χ1v) is 6.34. The smallest absolute Gasteiger partial charge is 0.253 e. The average Bonchev–Trinajstić information content (AvgIpc) is 3.22. The lowest BCUT2D eigenvalue weighted by Gasteiger charge is -2.11. The summed E-state index contributed by atoms with van der Waals surface area (Å²) in [7, 11) is 1.48. The molecule has 5 nitrogen and oxygen atoms in total. The van der Waals surface area contributed by atoms with E-state index in [0.717, 1.165) is 12.8 Å². The van der Waals surface area contributed by atoms with Crippen LogP contribution in [0.1, 0.15) is 30.1 Å². The number of ether oxygens (including phenoxy) is 1. The molecule has 1 atom stereocenters. The molecule has 5 heteroatoms. The van der Waals surface area contributed by atoms with E-state index in [1.807, 2.05) is 0 Å². The van der Waals surface area contributed by atoms with Gasteiger partial charge in [-0.2, -0.15) is 0 Å². The maximum Gasteiger partial charge on any atom is 0.253 e. The van der Waals surface area contributed by atoms with Gasteiger partial charge in [-0.1, -0.05) is 6.07 Å².